The second kappa shape index (κ2) is 19.1. The van der Waals surface area contributed by atoms with Crippen molar-refractivity contribution in [2.24, 2.45) is 0 Å². The zero-order chi connectivity index (χ0) is 36.4. The highest BCUT2D eigenvalue weighted by atomic mass is 32.1. The van der Waals surface area contributed by atoms with Crippen LogP contribution in [0.25, 0.3) is 10.1 Å². The Morgan fingerprint density at radius 2 is 1.37 bits per heavy atom. The first kappa shape index (κ1) is 40.6. The van der Waals surface area contributed by atoms with E-state index in [-0.39, 0.29) is 18.3 Å². The highest BCUT2D eigenvalue weighted by molar-refractivity contribution is 7.31. The Labute approximate surface area is 313 Å². The average molecular weight is 739 g/mol. The lowest BCUT2D eigenvalue weighted by molar-refractivity contribution is -0.384. The fourth-order valence-electron chi connectivity index (χ4n) is 7.36. The van der Waals surface area contributed by atoms with Crippen LogP contribution in [0, 0.1) is 0 Å². The lowest BCUT2D eigenvalue weighted by Gasteiger charge is -2.51. The molecule has 1 fully saturated rings. The molecular weight excluding hydrogens is 673 g/mol. The van der Waals surface area contributed by atoms with Crippen LogP contribution in [0.5, 0.6) is 0 Å². The number of ether oxygens (including phenoxy) is 6. The SMILES string of the molecule is CCCCOC[C@H]1O[C@]2(OCc3cc4sc([Si](C)(C)C)c(Cc5ccc(CC)cc5)c4cc32)[C@H](OCCCC)[C@@H](OCCCC)[C@@H]1OCCCC. The highest BCUT2D eigenvalue weighted by Gasteiger charge is 2.61. The van der Waals surface area contributed by atoms with Gasteiger partial charge in [0.1, 0.15) is 24.4 Å². The minimum absolute atomic E-state index is 0.329. The number of benzene rings is 2. The quantitative estimate of drug-likeness (QED) is 0.0801. The van der Waals surface area contributed by atoms with E-state index >= 15 is 0 Å². The van der Waals surface area contributed by atoms with Gasteiger partial charge in [-0.1, -0.05) is 104 Å². The van der Waals surface area contributed by atoms with Crippen LogP contribution in [0.15, 0.2) is 36.4 Å². The Hall–Kier alpha value is -1.62. The second-order valence-corrected chi connectivity index (χ2v) is 22.0. The van der Waals surface area contributed by atoms with E-state index in [9.17, 15) is 0 Å². The topological polar surface area (TPSA) is 55.4 Å². The number of fused-ring (bicyclic) bond motifs is 3. The summed E-state index contributed by atoms with van der Waals surface area (Å²) in [5.41, 5.74) is 6.44. The number of rotatable bonds is 21. The third-order valence-electron chi connectivity index (χ3n) is 10.4. The zero-order valence-corrected chi connectivity index (χ0v) is 34.8. The van der Waals surface area contributed by atoms with E-state index in [2.05, 4.69) is 90.7 Å². The molecule has 0 aliphatic carbocycles. The van der Waals surface area contributed by atoms with Crippen LogP contribution in [-0.2, 0) is 53.7 Å². The van der Waals surface area contributed by atoms with Crippen LogP contribution < -0.4 is 4.50 Å². The van der Waals surface area contributed by atoms with Crippen molar-refractivity contribution in [3.8, 4) is 0 Å². The van der Waals surface area contributed by atoms with Crippen molar-refractivity contribution in [1.82, 2.24) is 0 Å². The molecule has 6 nitrogen and oxygen atoms in total. The zero-order valence-electron chi connectivity index (χ0n) is 32.9. The van der Waals surface area contributed by atoms with Gasteiger partial charge in [0.05, 0.1) is 21.3 Å². The van der Waals surface area contributed by atoms with E-state index in [1.54, 1.807) is 4.50 Å². The van der Waals surface area contributed by atoms with Crippen molar-refractivity contribution in [1.29, 1.82) is 0 Å². The molecule has 284 valence electrons. The number of hydrogen-bond donors (Lipinski definition) is 0. The summed E-state index contributed by atoms with van der Waals surface area (Å²) in [5, 5.41) is 1.32. The minimum Gasteiger partial charge on any atom is -0.379 e. The molecule has 0 amide bonds. The maximum absolute atomic E-state index is 7.31. The van der Waals surface area contributed by atoms with Crippen LogP contribution in [-0.4, -0.2) is 65.5 Å². The monoisotopic (exact) mass is 738 g/mol. The van der Waals surface area contributed by atoms with Crippen molar-refractivity contribution >= 4 is 34.0 Å². The van der Waals surface area contributed by atoms with Crippen molar-refractivity contribution in [2.45, 2.75) is 155 Å². The molecule has 8 heteroatoms. The van der Waals surface area contributed by atoms with E-state index in [0.29, 0.717) is 39.6 Å². The number of unbranched alkanes of at least 4 members (excludes halogenated alkanes) is 4. The summed E-state index contributed by atoms with van der Waals surface area (Å²) in [5.74, 6) is -1.13. The Morgan fingerprint density at radius 3 is 2.00 bits per heavy atom. The van der Waals surface area contributed by atoms with Crippen LogP contribution in [0.1, 0.15) is 114 Å². The maximum Gasteiger partial charge on any atom is 0.225 e. The Kier molecular flexibility index (Phi) is 15.2. The number of aryl methyl sites for hydroxylation is 1. The first-order chi connectivity index (χ1) is 24.7. The number of thiophene rings is 1. The standard InChI is InChI=1S/C43H66O6SSi/c1-9-14-22-44-30-37-39(45-23-15-10-2)40(46-24-16-11-3)41(47-25-17-12-4)43(49-37)36-28-34-35(26-32-20-18-31(13-5)19-21-32)42(51(6,7)8)50-38(34)27-33(36)29-48-43/h18-21,27-28,37,39-41H,9-17,22-26,29-30H2,1-8H3/t37-,39-,40+,41-,43+/m1/s1. The van der Waals surface area contributed by atoms with Crippen LogP contribution in [0.4, 0.5) is 0 Å². The molecule has 3 heterocycles. The van der Waals surface area contributed by atoms with Crippen LogP contribution in [0.3, 0.4) is 0 Å². The fraction of sp³-hybridized carbons (Fsp3) is 0.674. The van der Waals surface area contributed by atoms with Gasteiger partial charge >= 0.3 is 0 Å². The van der Waals surface area contributed by atoms with Crippen LogP contribution >= 0.6 is 11.3 Å². The summed E-state index contributed by atoms with van der Waals surface area (Å²) < 4.78 is 44.0. The largest absolute Gasteiger partial charge is 0.379 e. The molecular formula is C43H66O6SSi. The molecule has 0 unspecified atom stereocenters. The smallest absolute Gasteiger partial charge is 0.225 e. The molecule has 1 spiro atoms. The van der Waals surface area contributed by atoms with Crippen molar-refractivity contribution in [3.63, 3.8) is 0 Å². The second-order valence-electron chi connectivity index (χ2n) is 15.6. The van der Waals surface area contributed by atoms with Gasteiger partial charge < -0.3 is 28.4 Å². The normalized spacial score (nSPS) is 23.5. The molecule has 0 N–H and O–H groups in total. The Morgan fingerprint density at radius 1 is 0.765 bits per heavy atom. The third kappa shape index (κ3) is 9.55. The minimum atomic E-state index is -1.65. The molecule has 2 aromatic carbocycles. The first-order valence-electron chi connectivity index (χ1n) is 20.1. The van der Waals surface area contributed by atoms with E-state index in [1.807, 2.05) is 11.3 Å². The maximum atomic E-state index is 7.31. The highest BCUT2D eigenvalue weighted by Crippen LogP contribution is 2.50. The predicted octanol–water partition coefficient (Wildman–Crippen LogP) is 10.1. The van der Waals surface area contributed by atoms with Gasteiger partial charge in [-0.05, 0) is 82.8 Å². The molecule has 0 bridgehead atoms. The summed E-state index contributed by atoms with van der Waals surface area (Å²) in [7, 11) is -1.65. The molecule has 51 heavy (non-hydrogen) atoms. The molecule has 5 rings (SSSR count). The summed E-state index contributed by atoms with van der Waals surface area (Å²) in [4.78, 5) is 0. The Balaban J connectivity index is 1.64. The fourth-order valence-corrected chi connectivity index (χ4v) is 11.1. The predicted molar refractivity (Wildman–Crippen MR) is 214 cm³/mol. The third-order valence-corrected chi connectivity index (χ3v) is 15.2. The molecule has 3 aromatic rings. The van der Waals surface area contributed by atoms with Gasteiger partial charge in [-0.25, -0.2) is 0 Å². The van der Waals surface area contributed by atoms with E-state index < -0.39 is 20.0 Å². The summed E-state index contributed by atoms with van der Waals surface area (Å²) >= 11 is 1.99. The summed E-state index contributed by atoms with van der Waals surface area (Å²) in [6, 6.07) is 14.0. The molecule has 2 aliphatic heterocycles. The average Bonchev–Trinajstić information content (AvgIpc) is 3.66. The molecule has 2 aliphatic rings. The lowest BCUT2D eigenvalue weighted by Crippen LogP contribution is -2.66. The van der Waals surface area contributed by atoms with E-state index in [4.69, 9.17) is 28.4 Å². The van der Waals surface area contributed by atoms with Gasteiger partial charge in [-0.2, -0.15) is 0 Å². The molecule has 0 saturated carbocycles. The summed E-state index contributed by atoms with van der Waals surface area (Å²) in [6.07, 6.45) is 8.58. The summed E-state index contributed by atoms with van der Waals surface area (Å²) in [6.45, 7) is 21.9. The molecule has 1 saturated heterocycles. The van der Waals surface area contributed by atoms with Crippen molar-refractivity contribution < 1.29 is 28.4 Å². The Bertz CT molecular complexity index is 1500. The molecule has 5 atom stereocenters. The van der Waals surface area contributed by atoms with E-state index in [1.165, 1.54) is 32.3 Å². The van der Waals surface area contributed by atoms with Crippen LogP contribution in [0.2, 0.25) is 19.6 Å². The number of hydrogen-bond acceptors (Lipinski definition) is 7. The lowest BCUT2D eigenvalue weighted by atomic mass is 9.86. The van der Waals surface area contributed by atoms with Gasteiger partial charge in [0.25, 0.3) is 0 Å². The van der Waals surface area contributed by atoms with Crippen molar-refractivity contribution in [3.05, 3.63) is 64.2 Å². The molecule has 1 aromatic heterocycles. The van der Waals surface area contributed by atoms with E-state index in [0.717, 1.165) is 69.8 Å². The van der Waals surface area contributed by atoms with Gasteiger partial charge in [-0.15, -0.1) is 11.3 Å². The van der Waals surface area contributed by atoms with Gasteiger partial charge in [0.15, 0.2) is 0 Å². The molecule has 0 radical (unpaired) electrons. The van der Waals surface area contributed by atoms with Gasteiger partial charge in [-0.3, -0.25) is 0 Å². The van der Waals surface area contributed by atoms with Gasteiger partial charge in [0, 0.05) is 36.7 Å². The van der Waals surface area contributed by atoms with Gasteiger partial charge in [0.2, 0.25) is 5.79 Å². The first-order valence-corrected chi connectivity index (χ1v) is 24.4. The van der Waals surface area contributed by atoms with Crippen molar-refractivity contribution in [2.75, 3.05) is 33.0 Å².